The van der Waals surface area contributed by atoms with Gasteiger partial charge in [-0.05, 0) is 12.1 Å². The standard InChI is InChI=1S/C13H18ClN3/c1-2-6-16-7-9-17(10-8-16)13-11(14)4-3-5-12(13)15/h2-5H,1,6-10,15H2. The number of rotatable bonds is 3. The summed E-state index contributed by atoms with van der Waals surface area (Å²) in [4.78, 5) is 4.63. The topological polar surface area (TPSA) is 32.5 Å². The van der Waals surface area contributed by atoms with Crippen LogP contribution >= 0.6 is 11.6 Å². The molecule has 0 amide bonds. The van der Waals surface area contributed by atoms with Crippen LogP contribution in [-0.2, 0) is 0 Å². The zero-order chi connectivity index (χ0) is 12.3. The van der Waals surface area contributed by atoms with Crippen molar-refractivity contribution in [1.82, 2.24) is 4.90 Å². The molecule has 3 nitrogen and oxygen atoms in total. The summed E-state index contributed by atoms with van der Waals surface area (Å²) in [5.74, 6) is 0. The highest BCUT2D eigenvalue weighted by Crippen LogP contribution is 2.32. The van der Waals surface area contributed by atoms with Crippen molar-refractivity contribution in [3.05, 3.63) is 35.9 Å². The first-order valence-corrected chi connectivity index (χ1v) is 6.22. The first kappa shape index (κ1) is 12.3. The molecule has 2 rings (SSSR count). The number of nitrogens with zero attached hydrogens (tertiary/aromatic N) is 2. The Labute approximate surface area is 107 Å². The van der Waals surface area contributed by atoms with E-state index < -0.39 is 0 Å². The number of para-hydroxylation sites is 1. The van der Waals surface area contributed by atoms with Crippen molar-refractivity contribution in [3.63, 3.8) is 0 Å². The van der Waals surface area contributed by atoms with Crippen molar-refractivity contribution >= 4 is 23.0 Å². The maximum absolute atomic E-state index is 6.21. The van der Waals surface area contributed by atoms with E-state index in [2.05, 4.69) is 16.4 Å². The number of halogens is 1. The number of benzene rings is 1. The molecular weight excluding hydrogens is 234 g/mol. The van der Waals surface area contributed by atoms with Crippen molar-refractivity contribution < 1.29 is 0 Å². The summed E-state index contributed by atoms with van der Waals surface area (Å²) in [5.41, 5.74) is 7.73. The van der Waals surface area contributed by atoms with Crippen LogP contribution in [0.15, 0.2) is 30.9 Å². The Morgan fingerprint density at radius 3 is 2.59 bits per heavy atom. The molecule has 0 unspecified atom stereocenters. The predicted octanol–water partition coefficient (Wildman–Crippen LogP) is 2.23. The molecule has 0 aromatic heterocycles. The van der Waals surface area contributed by atoms with E-state index in [0.29, 0.717) is 0 Å². The molecule has 0 bridgehead atoms. The maximum atomic E-state index is 6.21. The lowest BCUT2D eigenvalue weighted by Gasteiger charge is -2.36. The van der Waals surface area contributed by atoms with Crippen molar-refractivity contribution in [1.29, 1.82) is 0 Å². The monoisotopic (exact) mass is 251 g/mol. The van der Waals surface area contributed by atoms with Crippen molar-refractivity contribution in [2.45, 2.75) is 0 Å². The largest absolute Gasteiger partial charge is 0.397 e. The van der Waals surface area contributed by atoms with E-state index in [1.165, 1.54) is 0 Å². The Balaban J connectivity index is 2.08. The Morgan fingerprint density at radius 1 is 1.29 bits per heavy atom. The van der Waals surface area contributed by atoms with Gasteiger partial charge in [0, 0.05) is 32.7 Å². The van der Waals surface area contributed by atoms with E-state index in [9.17, 15) is 0 Å². The third-order valence-electron chi connectivity index (χ3n) is 3.09. The average molecular weight is 252 g/mol. The smallest absolute Gasteiger partial charge is 0.0790 e. The van der Waals surface area contributed by atoms with Crippen molar-refractivity contribution in [3.8, 4) is 0 Å². The molecule has 1 aromatic carbocycles. The van der Waals surface area contributed by atoms with E-state index in [-0.39, 0.29) is 0 Å². The number of hydrogen-bond donors (Lipinski definition) is 1. The van der Waals surface area contributed by atoms with Gasteiger partial charge in [0.2, 0.25) is 0 Å². The van der Waals surface area contributed by atoms with E-state index in [1.54, 1.807) is 0 Å². The Morgan fingerprint density at radius 2 is 2.00 bits per heavy atom. The molecule has 2 N–H and O–H groups in total. The van der Waals surface area contributed by atoms with Gasteiger partial charge in [0.25, 0.3) is 0 Å². The van der Waals surface area contributed by atoms with Gasteiger partial charge in [-0.15, -0.1) is 6.58 Å². The van der Waals surface area contributed by atoms with E-state index in [0.717, 1.165) is 49.1 Å². The van der Waals surface area contributed by atoms with Crippen LogP contribution < -0.4 is 10.6 Å². The number of nitrogens with two attached hydrogens (primary N) is 1. The minimum Gasteiger partial charge on any atom is -0.397 e. The Hall–Kier alpha value is -1.19. The van der Waals surface area contributed by atoms with Crippen molar-refractivity contribution in [2.75, 3.05) is 43.4 Å². The summed E-state index contributed by atoms with van der Waals surface area (Å²) in [7, 11) is 0. The summed E-state index contributed by atoms with van der Waals surface area (Å²) in [6.45, 7) is 8.68. The quantitative estimate of drug-likeness (QED) is 0.661. The van der Waals surface area contributed by atoms with E-state index in [1.807, 2.05) is 24.3 Å². The zero-order valence-electron chi connectivity index (χ0n) is 9.90. The lowest BCUT2D eigenvalue weighted by molar-refractivity contribution is 0.284. The van der Waals surface area contributed by atoms with Gasteiger partial charge in [0.15, 0.2) is 0 Å². The molecule has 0 aliphatic carbocycles. The van der Waals surface area contributed by atoms with E-state index in [4.69, 9.17) is 17.3 Å². The van der Waals surface area contributed by atoms with Crippen LogP contribution in [0.25, 0.3) is 0 Å². The molecule has 92 valence electrons. The molecule has 4 heteroatoms. The number of hydrogen-bond acceptors (Lipinski definition) is 3. The fraction of sp³-hybridized carbons (Fsp3) is 0.385. The van der Waals surface area contributed by atoms with Gasteiger partial charge in [-0.1, -0.05) is 23.7 Å². The molecule has 1 saturated heterocycles. The fourth-order valence-corrected chi connectivity index (χ4v) is 2.50. The molecule has 0 radical (unpaired) electrons. The molecule has 0 atom stereocenters. The van der Waals surface area contributed by atoms with Gasteiger partial charge >= 0.3 is 0 Å². The van der Waals surface area contributed by atoms with Crippen LogP contribution in [0, 0.1) is 0 Å². The summed E-state index contributed by atoms with van der Waals surface area (Å²) in [5, 5.41) is 0.738. The van der Waals surface area contributed by atoms with Crippen LogP contribution in [0.4, 0.5) is 11.4 Å². The number of piperazine rings is 1. The van der Waals surface area contributed by atoms with Gasteiger partial charge in [-0.25, -0.2) is 0 Å². The molecule has 1 heterocycles. The Kier molecular flexibility index (Phi) is 3.92. The summed E-state index contributed by atoms with van der Waals surface area (Å²) < 4.78 is 0. The zero-order valence-corrected chi connectivity index (χ0v) is 10.7. The van der Waals surface area contributed by atoms with Crippen LogP contribution in [0.2, 0.25) is 5.02 Å². The number of nitrogen functional groups attached to an aromatic ring is 1. The fourth-order valence-electron chi connectivity index (χ4n) is 2.20. The Bertz CT molecular complexity index is 377. The summed E-state index contributed by atoms with van der Waals surface area (Å²) in [6, 6.07) is 5.68. The molecule has 1 fully saturated rings. The lowest BCUT2D eigenvalue weighted by Crippen LogP contribution is -2.46. The first-order valence-electron chi connectivity index (χ1n) is 5.84. The molecular formula is C13H18ClN3. The maximum Gasteiger partial charge on any atom is 0.0790 e. The van der Waals surface area contributed by atoms with Gasteiger partial charge in [0.05, 0.1) is 16.4 Å². The SMILES string of the molecule is C=CCN1CCN(c2c(N)cccc2Cl)CC1. The molecule has 0 spiro atoms. The van der Waals surface area contributed by atoms with Crippen LogP contribution in [0.5, 0.6) is 0 Å². The molecule has 1 aromatic rings. The van der Waals surface area contributed by atoms with Crippen LogP contribution in [0.1, 0.15) is 0 Å². The highest BCUT2D eigenvalue weighted by molar-refractivity contribution is 6.34. The predicted molar refractivity (Wildman–Crippen MR) is 74.7 cm³/mol. The number of anilines is 2. The third-order valence-corrected chi connectivity index (χ3v) is 3.40. The van der Waals surface area contributed by atoms with Gasteiger partial charge < -0.3 is 10.6 Å². The average Bonchev–Trinajstić information content (AvgIpc) is 2.31. The second kappa shape index (κ2) is 5.43. The molecule has 1 aliphatic heterocycles. The minimum atomic E-state index is 0.738. The second-order valence-corrected chi connectivity index (χ2v) is 4.66. The highest BCUT2D eigenvalue weighted by atomic mass is 35.5. The van der Waals surface area contributed by atoms with Gasteiger partial charge in [0.1, 0.15) is 0 Å². The minimum absolute atomic E-state index is 0.738. The summed E-state index contributed by atoms with van der Waals surface area (Å²) in [6.07, 6.45) is 1.94. The second-order valence-electron chi connectivity index (χ2n) is 4.25. The van der Waals surface area contributed by atoms with Crippen LogP contribution in [-0.4, -0.2) is 37.6 Å². The van der Waals surface area contributed by atoms with Gasteiger partial charge in [-0.2, -0.15) is 0 Å². The first-order chi connectivity index (χ1) is 8.22. The summed E-state index contributed by atoms with van der Waals surface area (Å²) >= 11 is 6.21. The lowest BCUT2D eigenvalue weighted by atomic mass is 10.2. The molecule has 0 saturated carbocycles. The highest BCUT2D eigenvalue weighted by Gasteiger charge is 2.19. The van der Waals surface area contributed by atoms with Gasteiger partial charge in [-0.3, -0.25) is 4.90 Å². The molecule has 17 heavy (non-hydrogen) atoms. The van der Waals surface area contributed by atoms with E-state index >= 15 is 0 Å². The normalized spacial score (nSPS) is 17.1. The van der Waals surface area contributed by atoms with Crippen molar-refractivity contribution in [2.24, 2.45) is 0 Å². The third kappa shape index (κ3) is 2.73. The van der Waals surface area contributed by atoms with Crippen LogP contribution in [0.3, 0.4) is 0 Å². The molecule has 1 aliphatic rings.